The van der Waals surface area contributed by atoms with Crippen LogP contribution in [0.4, 0.5) is 0 Å². The van der Waals surface area contributed by atoms with Crippen molar-refractivity contribution in [3.05, 3.63) is 29.8 Å². The van der Waals surface area contributed by atoms with E-state index >= 15 is 0 Å². The van der Waals surface area contributed by atoms with Crippen LogP contribution in [0.5, 0.6) is 0 Å². The van der Waals surface area contributed by atoms with Crippen LogP contribution >= 0.6 is 15.9 Å². The van der Waals surface area contributed by atoms with Crippen molar-refractivity contribution in [1.29, 1.82) is 0 Å². The summed E-state index contributed by atoms with van der Waals surface area (Å²) in [5, 5.41) is 0.712. The first-order chi connectivity index (χ1) is 7.10. The first kappa shape index (κ1) is 12.6. The van der Waals surface area contributed by atoms with Crippen LogP contribution in [-0.4, -0.2) is 21.5 Å². The Kier molecular flexibility index (Phi) is 4.72. The SMILES string of the molecule is NCCNS(=O)(=O)c1ccc(CBr)cc1. The summed E-state index contributed by atoms with van der Waals surface area (Å²) in [4.78, 5) is 0.264. The molecule has 6 heteroatoms. The lowest BCUT2D eigenvalue weighted by Gasteiger charge is -2.05. The molecule has 0 aliphatic carbocycles. The Morgan fingerprint density at radius 3 is 2.33 bits per heavy atom. The summed E-state index contributed by atoms with van der Waals surface area (Å²) in [5.74, 6) is 0. The van der Waals surface area contributed by atoms with Gasteiger partial charge in [-0.05, 0) is 17.7 Å². The van der Waals surface area contributed by atoms with Crippen LogP contribution in [-0.2, 0) is 15.4 Å². The molecule has 1 aromatic carbocycles. The topological polar surface area (TPSA) is 72.2 Å². The zero-order valence-corrected chi connectivity index (χ0v) is 10.5. The lowest BCUT2D eigenvalue weighted by atomic mass is 10.2. The Labute approximate surface area is 98.0 Å². The van der Waals surface area contributed by atoms with E-state index in [-0.39, 0.29) is 11.4 Å². The van der Waals surface area contributed by atoms with Gasteiger partial charge in [-0.15, -0.1) is 0 Å². The Balaban J connectivity index is 2.86. The maximum atomic E-state index is 11.6. The third kappa shape index (κ3) is 3.57. The fourth-order valence-electron chi connectivity index (χ4n) is 1.03. The zero-order chi connectivity index (χ0) is 11.3. The second-order valence-corrected chi connectivity index (χ2v) is 5.29. The summed E-state index contributed by atoms with van der Waals surface area (Å²) in [7, 11) is -3.39. The number of sulfonamides is 1. The third-order valence-electron chi connectivity index (χ3n) is 1.82. The Morgan fingerprint density at radius 1 is 1.27 bits per heavy atom. The predicted octanol–water partition coefficient (Wildman–Crippen LogP) is 0.818. The van der Waals surface area contributed by atoms with Crippen LogP contribution in [0.2, 0.25) is 0 Å². The number of hydrogen-bond donors (Lipinski definition) is 2. The van der Waals surface area contributed by atoms with Crippen molar-refractivity contribution in [3.63, 3.8) is 0 Å². The number of halogens is 1. The molecule has 4 nitrogen and oxygen atoms in total. The van der Waals surface area contributed by atoms with Gasteiger partial charge in [0.1, 0.15) is 0 Å². The number of rotatable bonds is 5. The predicted molar refractivity (Wildman–Crippen MR) is 63.3 cm³/mol. The van der Waals surface area contributed by atoms with Gasteiger partial charge in [0.05, 0.1) is 4.90 Å². The monoisotopic (exact) mass is 292 g/mol. The second-order valence-electron chi connectivity index (χ2n) is 2.96. The highest BCUT2D eigenvalue weighted by Crippen LogP contribution is 2.12. The van der Waals surface area contributed by atoms with Gasteiger partial charge in [0, 0.05) is 18.4 Å². The lowest BCUT2D eigenvalue weighted by Crippen LogP contribution is -2.29. The van der Waals surface area contributed by atoms with Crippen molar-refractivity contribution in [3.8, 4) is 0 Å². The number of benzene rings is 1. The highest BCUT2D eigenvalue weighted by molar-refractivity contribution is 9.08. The van der Waals surface area contributed by atoms with Gasteiger partial charge in [0.2, 0.25) is 10.0 Å². The molecule has 0 aliphatic heterocycles. The highest BCUT2D eigenvalue weighted by atomic mass is 79.9. The van der Waals surface area contributed by atoms with Gasteiger partial charge in [-0.1, -0.05) is 28.1 Å². The van der Waals surface area contributed by atoms with E-state index in [0.717, 1.165) is 5.56 Å². The minimum Gasteiger partial charge on any atom is -0.329 e. The Bertz CT molecular complexity index is 403. The standard InChI is InChI=1S/C9H13BrN2O2S/c10-7-8-1-3-9(4-2-8)15(13,14)12-6-5-11/h1-4,12H,5-7,11H2. The summed E-state index contributed by atoms with van der Waals surface area (Å²) in [5.41, 5.74) is 6.26. The first-order valence-corrected chi connectivity index (χ1v) is 7.05. The largest absolute Gasteiger partial charge is 0.329 e. The summed E-state index contributed by atoms with van der Waals surface area (Å²) >= 11 is 3.29. The van der Waals surface area contributed by atoms with E-state index in [1.54, 1.807) is 24.3 Å². The average molecular weight is 293 g/mol. The van der Waals surface area contributed by atoms with Gasteiger partial charge in [-0.25, -0.2) is 13.1 Å². The molecule has 0 aliphatic rings. The van der Waals surface area contributed by atoms with Crippen LogP contribution in [0.3, 0.4) is 0 Å². The molecule has 0 spiro atoms. The van der Waals surface area contributed by atoms with Crippen molar-refractivity contribution < 1.29 is 8.42 Å². The maximum absolute atomic E-state index is 11.6. The molecule has 0 saturated carbocycles. The zero-order valence-electron chi connectivity index (χ0n) is 8.11. The fourth-order valence-corrected chi connectivity index (χ4v) is 2.46. The molecular weight excluding hydrogens is 280 g/mol. The van der Waals surface area contributed by atoms with Crippen molar-refractivity contribution in [2.75, 3.05) is 13.1 Å². The minimum absolute atomic E-state index is 0.253. The number of nitrogens with two attached hydrogens (primary N) is 1. The van der Waals surface area contributed by atoms with E-state index in [0.29, 0.717) is 11.9 Å². The number of nitrogens with one attached hydrogen (secondary N) is 1. The minimum atomic E-state index is -3.39. The Morgan fingerprint density at radius 2 is 1.87 bits per heavy atom. The van der Waals surface area contributed by atoms with E-state index in [1.165, 1.54) is 0 Å². The van der Waals surface area contributed by atoms with Gasteiger partial charge in [0.15, 0.2) is 0 Å². The van der Waals surface area contributed by atoms with E-state index < -0.39 is 10.0 Å². The molecule has 0 bridgehead atoms. The van der Waals surface area contributed by atoms with E-state index in [4.69, 9.17) is 5.73 Å². The molecule has 1 rings (SSSR count). The molecule has 0 radical (unpaired) electrons. The summed E-state index contributed by atoms with van der Waals surface area (Å²) in [6.45, 7) is 0.543. The molecule has 0 atom stereocenters. The highest BCUT2D eigenvalue weighted by Gasteiger charge is 2.11. The summed E-state index contributed by atoms with van der Waals surface area (Å²) < 4.78 is 25.6. The molecule has 0 saturated heterocycles. The normalized spacial score (nSPS) is 11.6. The molecule has 0 fully saturated rings. The van der Waals surface area contributed by atoms with Gasteiger partial charge in [-0.3, -0.25) is 0 Å². The molecule has 0 heterocycles. The molecule has 0 amide bonds. The fraction of sp³-hybridized carbons (Fsp3) is 0.333. The van der Waals surface area contributed by atoms with Crippen LogP contribution in [0, 0.1) is 0 Å². The molecule has 0 unspecified atom stereocenters. The van der Waals surface area contributed by atoms with Crippen LogP contribution in [0.25, 0.3) is 0 Å². The average Bonchev–Trinajstić information content (AvgIpc) is 2.26. The lowest BCUT2D eigenvalue weighted by molar-refractivity contribution is 0.582. The molecule has 0 aromatic heterocycles. The van der Waals surface area contributed by atoms with Crippen molar-refractivity contribution in [2.45, 2.75) is 10.2 Å². The Hall–Kier alpha value is -0.430. The van der Waals surface area contributed by atoms with Gasteiger partial charge in [-0.2, -0.15) is 0 Å². The first-order valence-electron chi connectivity index (χ1n) is 4.45. The smallest absolute Gasteiger partial charge is 0.240 e. The summed E-state index contributed by atoms with van der Waals surface area (Å²) in [6.07, 6.45) is 0. The molecular formula is C9H13BrN2O2S. The summed E-state index contributed by atoms with van der Waals surface area (Å²) in [6, 6.07) is 6.70. The van der Waals surface area contributed by atoms with Crippen LogP contribution in [0.1, 0.15) is 5.56 Å². The van der Waals surface area contributed by atoms with Crippen molar-refractivity contribution >= 4 is 26.0 Å². The van der Waals surface area contributed by atoms with Gasteiger partial charge < -0.3 is 5.73 Å². The van der Waals surface area contributed by atoms with E-state index in [9.17, 15) is 8.42 Å². The van der Waals surface area contributed by atoms with Gasteiger partial charge in [0.25, 0.3) is 0 Å². The maximum Gasteiger partial charge on any atom is 0.240 e. The number of alkyl halides is 1. The quantitative estimate of drug-likeness (QED) is 0.789. The van der Waals surface area contributed by atoms with Crippen molar-refractivity contribution in [2.24, 2.45) is 5.73 Å². The molecule has 15 heavy (non-hydrogen) atoms. The molecule has 1 aromatic rings. The number of hydrogen-bond acceptors (Lipinski definition) is 3. The second kappa shape index (κ2) is 5.60. The van der Waals surface area contributed by atoms with E-state index in [1.807, 2.05) is 0 Å². The van der Waals surface area contributed by atoms with Gasteiger partial charge >= 0.3 is 0 Å². The van der Waals surface area contributed by atoms with Crippen LogP contribution < -0.4 is 10.5 Å². The third-order valence-corrected chi connectivity index (χ3v) is 3.95. The molecule has 3 N–H and O–H groups in total. The van der Waals surface area contributed by atoms with E-state index in [2.05, 4.69) is 20.7 Å². The van der Waals surface area contributed by atoms with Crippen molar-refractivity contribution in [1.82, 2.24) is 4.72 Å². The van der Waals surface area contributed by atoms with Crippen LogP contribution in [0.15, 0.2) is 29.2 Å². The molecule has 84 valence electrons.